The Hall–Kier alpha value is -3.48. The van der Waals surface area contributed by atoms with Crippen LogP contribution < -0.4 is 18.9 Å². The molecule has 1 aliphatic heterocycles. The zero-order chi connectivity index (χ0) is 20.3. The van der Waals surface area contributed by atoms with E-state index in [9.17, 15) is 9.59 Å². The molecule has 0 amide bonds. The number of rotatable bonds is 6. The molecule has 146 valence electrons. The maximum absolute atomic E-state index is 12.6. The molecule has 0 spiro atoms. The van der Waals surface area contributed by atoms with E-state index in [0.717, 1.165) is 5.56 Å². The Balaban J connectivity index is 1.83. The van der Waals surface area contributed by atoms with Crippen LogP contribution in [0.5, 0.6) is 23.0 Å². The van der Waals surface area contributed by atoms with Crippen LogP contribution >= 0.6 is 0 Å². The summed E-state index contributed by atoms with van der Waals surface area (Å²) in [5.41, 5.74) is 1.15. The normalized spacial score (nSPS) is 14.9. The molecule has 0 fully saturated rings. The van der Waals surface area contributed by atoms with E-state index in [1.54, 1.807) is 63.6 Å². The van der Waals surface area contributed by atoms with E-state index in [0.29, 0.717) is 28.6 Å². The van der Waals surface area contributed by atoms with Crippen molar-refractivity contribution in [1.82, 2.24) is 0 Å². The van der Waals surface area contributed by atoms with Crippen LogP contribution in [-0.4, -0.2) is 39.2 Å². The second kappa shape index (κ2) is 8.04. The SMILES string of the molecule is COC(=O)C(C)Oc1ccc2c(c1)OC(=Cc1ccc(OC)c(OC)c1)C2=O. The lowest BCUT2D eigenvalue weighted by atomic mass is 10.1. The van der Waals surface area contributed by atoms with Crippen molar-refractivity contribution in [3.63, 3.8) is 0 Å². The molecule has 2 aromatic rings. The Morgan fingerprint density at radius 3 is 2.46 bits per heavy atom. The number of hydrogen-bond acceptors (Lipinski definition) is 7. The number of carbonyl (C=O) groups is 2. The number of Topliss-reactive ketones (excluding diaryl/α,β-unsaturated/α-hetero) is 1. The second-order valence-electron chi connectivity index (χ2n) is 6.00. The fourth-order valence-corrected chi connectivity index (χ4v) is 2.75. The van der Waals surface area contributed by atoms with Gasteiger partial charge in [-0.25, -0.2) is 4.79 Å². The number of esters is 1. The minimum atomic E-state index is -0.776. The first-order chi connectivity index (χ1) is 13.5. The van der Waals surface area contributed by atoms with Crippen molar-refractivity contribution in [1.29, 1.82) is 0 Å². The highest BCUT2D eigenvalue weighted by atomic mass is 16.6. The maximum atomic E-state index is 12.6. The summed E-state index contributed by atoms with van der Waals surface area (Å²) in [6.45, 7) is 1.58. The van der Waals surface area contributed by atoms with Crippen LogP contribution in [-0.2, 0) is 9.53 Å². The maximum Gasteiger partial charge on any atom is 0.346 e. The third-order valence-electron chi connectivity index (χ3n) is 4.19. The minimum absolute atomic E-state index is 0.181. The molecule has 0 aliphatic carbocycles. The van der Waals surface area contributed by atoms with Crippen LogP contribution in [0.4, 0.5) is 0 Å². The summed E-state index contributed by atoms with van der Waals surface area (Å²) in [4.78, 5) is 24.1. The first kappa shape index (κ1) is 19.3. The summed E-state index contributed by atoms with van der Waals surface area (Å²) < 4.78 is 26.4. The lowest BCUT2D eigenvalue weighted by molar-refractivity contribution is -0.147. The molecule has 0 saturated carbocycles. The summed E-state index contributed by atoms with van der Waals surface area (Å²) in [5.74, 6) is 1.35. The van der Waals surface area contributed by atoms with Gasteiger partial charge < -0.3 is 23.7 Å². The lowest BCUT2D eigenvalue weighted by Crippen LogP contribution is -2.24. The Kier molecular flexibility index (Phi) is 5.54. The molecule has 1 heterocycles. The quantitative estimate of drug-likeness (QED) is 0.559. The number of allylic oxidation sites excluding steroid dienone is 1. The first-order valence-corrected chi connectivity index (χ1v) is 8.51. The lowest BCUT2D eigenvalue weighted by Gasteiger charge is -2.12. The highest BCUT2D eigenvalue weighted by molar-refractivity contribution is 6.14. The summed E-state index contributed by atoms with van der Waals surface area (Å²) in [5, 5.41) is 0. The topological polar surface area (TPSA) is 80.3 Å². The highest BCUT2D eigenvalue weighted by Gasteiger charge is 2.28. The zero-order valence-corrected chi connectivity index (χ0v) is 16.0. The monoisotopic (exact) mass is 384 g/mol. The molecule has 0 aromatic heterocycles. The Morgan fingerprint density at radius 1 is 1.04 bits per heavy atom. The number of methoxy groups -OCH3 is 3. The molecule has 0 bridgehead atoms. The van der Waals surface area contributed by atoms with Crippen molar-refractivity contribution in [3.8, 4) is 23.0 Å². The Morgan fingerprint density at radius 2 is 1.79 bits per heavy atom. The van der Waals surface area contributed by atoms with Crippen LogP contribution in [0.25, 0.3) is 6.08 Å². The van der Waals surface area contributed by atoms with E-state index in [2.05, 4.69) is 4.74 Å². The summed E-state index contributed by atoms with van der Waals surface area (Å²) in [6, 6.07) is 10.1. The Bertz CT molecular complexity index is 946. The van der Waals surface area contributed by atoms with Crippen LogP contribution in [0.3, 0.4) is 0 Å². The second-order valence-corrected chi connectivity index (χ2v) is 6.00. The van der Waals surface area contributed by atoms with Gasteiger partial charge in [0.1, 0.15) is 11.5 Å². The van der Waals surface area contributed by atoms with Crippen molar-refractivity contribution >= 4 is 17.8 Å². The molecule has 0 N–H and O–H groups in total. The van der Waals surface area contributed by atoms with Gasteiger partial charge >= 0.3 is 5.97 Å². The largest absolute Gasteiger partial charge is 0.493 e. The van der Waals surface area contributed by atoms with Gasteiger partial charge in [0.15, 0.2) is 23.4 Å². The highest BCUT2D eigenvalue weighted by Crippen LogP contribution is 2.36. The van der Waals surface area contributed by atoms with E-state index in [-0.39, 0.29) is 11.5 Å². The van der Waals surface area contributed by atoms with Gasteiger partial charge in [-0.1, -0.05) is 6.07 Å². The van der Waals surface area contributed by atoms with Gasteiger partial charge in [0.2, 0.25) is 5.78 Å². The third-order valence-corrected chi connectivity index (χ3v) is 4.19. The van der Waals surface area contributed by atoms with Gasteiger partial charge in [-0.3, -0.25) is 4.79 Å². The predicted octanol–water partition coefficient (Wildman–Crippen LogP) is 3.26. The molecular weight excluding hydrogens is 364 g/mol. The number of ether oxygens (including phenoxy) is 5. The number of ketones is 1. The van der Waals surface area contributed by atoms with Gasteiger partial charge in [-0.2, -0.15) is 0 Å². The molecule has 1 unspecified atom stereocenters. The van der Waals surface area contributed by atoms with Gasteiger partial charge in [0.05, 0.1) is 26.9 Å². The molecular formula is C21H20O7. The van der Waals surface area contributed by atoms with Gasteiger partial charge in [-0.15, -0.1) is 0 Å². The van der Waals surface area contributed by atoms with Crippen LogP contribution in [0, 0.1) is 0 Å². The zero-order valence-electron chi connectivity index (χ0n) is 16.0. The number of carbonyl (C=O) groups excluding carboxylic acids is 2. The van der Waals surface area contributed by atoms with E-state index in [4.69, 9.17) is 18.9 Å². The fraction of sp³-hybridized carbons (Fsp3) is 0.238. The van der Waals surface area contributed by atoms with Crippen LogP contribution in [0.1, 0.15) is 22.8 Å². The summed E-state index contributed by atoms with van der Waals surface area (Å²) in [6.07, 6.45) is 0.851. The van der Waals surface area contributed by atoms with Crippen molar-refractivity contribution in [2.45, 2.75) is 13.0 Å². The number of fused-ring (bicyclic) bond motifs is 1. The van der Waals surface area contributed by atoms with E-state index in [1.807, 2.05) is 0 Å². The van der Waals surface area contributed by atoms with Gasteiger partial charge in [0, 0.05) is 6.07 Å². The average Bonchev–Trinajstić information content (AvgIpc) is 3.01. The molecule has 7 heteroatoms. The molecule has 2 aromatic carbocycles. The van der Waals surface area contributed by atoms with Gasteiger partial charge in [-0.05, 0) is 42.8 Å². The van der Waals surface area contributed by atoms with Crippen LogP contribution in [0.2, 0.25) is 0 Å². The van der Waals surface area contributed by atoms with E-state index in [1.165, 1.54) is 7.11 Å². The number of hydrogen-bond donors (Lipinski definition) is 0. The van der Waals surface area contributed by atoms with Crippen molar-refractivity contribution < 1.29 is 33.3 Å². The molecule has 0 radical (unpaired) electrons. The minimum Gasteiger partial charge on any atom is -0.493 e. The first-order valence-electron chi connectivity index (χ1n) is 8.51. The summed E-state index contributed by atoms with van der Waals surface area (Å²) >= 11 is 0. The fourth-order valence-electron chi connectivity index (χ4n) is 2.75. The smallest absolute Gasteiger partial charge is 0.346 e. The molecule has 28 heavy (non-hydrogen) atoms. The van der Waals surface area contributed by atoms with Crippen molar-refractivity contribution in [3.05, 3.63) is 53.3 Å². The average molecular weight is 384 g/mol. The Labute approximate surface area is 162 Å². The van der Waals surface area contributed by atoms with E-state index >= 15 is 0 Å². The standard InChI is InChI=1S/C21H20O7/c1-12(21(23)26-4)27-14-6-7-15-17(11-14)28-19(20(15)22)10-13-5-8-16(24-2)18(9-13)25-3/h5-12H,1-4H3. The molecule has 7 nitrogen and oxygen atoms in total. The molecule has 1 atom stereocenters. The molecule has 1 aliphatic rings. The summed E-state index contributed by atoms with van der Waals surface area (Å²) in [7, 11) is 4.38. The van der Waals surface area contributed by atoms with Crippen molar-refractivity contribution in [2.75, 3.05) is 21.3 Å². The third kappa shape index (κ3) is 3.78. The van der Waals surface area contributed by atoms with Crippen LogP contribution in [0.15, 0.2) is 42.2 Å². The molecule has 3 rings (SSSR count). The van der Waals surface area contributed by atoms with E-state index < -0.39 is 12.1 Å². The van der Waals surface area contributed by atoms with Gasteiger partial charge in [0.25, 0.3) is 0 Å². The number of benzene rings is 2. The van der Waals surface area contributed by atoms with Crippen molar-refractivity contribution in [2.24, 2.45) is 0 Å². The molecule has 0 saturated heterocycles. The predicted molar refractivity (Wildman–Crippen MR) is 101 cm³/mol.